The van der Waals surface area contributed by atoms with E-state index in [9.17, 15) is 22.8 Å². The molecule has 2 aromatic carbocycles. The van der Waals surface area contributed by atoms with E-state index >= 15 is 0 Å². The van der Waals surface area contributed by atoms with Gasteiger partial charge in [-0.25, -0.2) is 13.6 Å². The van der Waals surface area contributed by atoms with E-state index in [1.807, 2.05) is 30.3 Å². The van der Waals surface area contributed by atoms with Crippen molar-refractivity contribution in [3.8, 4) is 0 Å². The molecule has 1 atom stereocenters. The molecule has 10 heteroatoms. The van der Waals surface area contributed by atoms with Crippen LogP contribution in [0.4, 0.5) is 5.69 Å². The number of fused-ring (bicyclic) bond motifs is 1. The molecule has 0 aliphatic carbocycles. The molecule has 1 fully saturated rings. The minimum absolute atomic E-state index is 0.0262. The second-order valence-corrected chi connectivity index (χ2v) is 10.4. The summed E-state index contributed by atoms with van der Waals surface area (Å²) >= 11 is 0. The summed E-state index contributed by atoms with van der Waals surface area (Å²) in [5.41, 5.74) is 2.42. The molecule has 0 aromatic heterocycles. The minimum Gasteiger partial charge on any atom is -0.343 e. The molecule has 2 aliphatic rings. The van der Waals surface area contributed by atoms with E-state index in [-0.39, 0.29) is 41.0 Å². The van der Waals surface area contributed by atoms with Crippen LogP contribution in [0.25, 0.3) is 6.08 Å². The van der Waals surface area contributed by atoms with Gasteiger partial charge in [0.2, 0.25) is 27.7 Å². The van der Waals surface area contributed by atoms with E-state index in [1.54, 1.807) is 16.0 Å². The van der Waals surface area contributed by atoms with E-state index in [0.29, 0.717) is 31.6 Å². The molecule has 35 heavy (non-hydrogen) atoms. The molecule has 0 unspecified atom stereocenters. The van der Waals surface area contributed by atoms with Crippen molar-refractivity contribution in [2.24, 2.45) is 11.1 Å². The molecule has 2 aromatic rings. The fourth-order valence-corrected chi connectivity index (χ4v) is 5.09. The Balaban J connectivity index is 1.34. The predicted molar refractivity (Wildman–Crippen MR) is 131 cm³/mol. The number of likely N-dealkylation sites (tertiary alicyclic amines) is 1. The highest BCUT2D eigenvalue weighted by Gasteiger charge is 2.32. The van der Waals surface area contributed by atoms with Gasteiger partial charge in [-0.15, -0.1) is 0 Å². The number of carbonyl (C=O) groups excluding carboxylic acids is 3. The summed E-state index contributed by atoms with van der Waals surface area (Å²) in [6, 6.07) is 13.1. The third-order valence-electron chi connectivity index (χ3n) is 6.51. The zero-order chi connectivity index (χ0) is 25.2. The summed E-state index contributed by atoms with van der Waals surface area (Å²) in [4.78, 5) is 41.3. The lowest BCUT2D eigenvalue weighted by molar-refractivity contribution is -0.137. The van der Waals surface area contributed by atoms with Crippen LogP contribution >= 0.6 is 0 Å². The van der Waals surface area contributed by atoms with E-state index in [0.717, 1.165) is 11.1 Å². The standard InChI is InChI=1S/C25H28N4O5S/c1-17(30)29-15-12-18-4-2-3-5-22(18)23(29)16-24(31)28-13-10-19(11-14-28)25(32)27-20-6-8-21(9-7-20)35(26,33)34/h2-9,12,15,19,23H,10-11,13-14,16H2,1H3,(H,27,32)(H2,26,33,34)/t23-/m0/s1. The molecule has 0 saturated carbocycles. The number of hydrogen-bond acceptors (Lipinski definition) is 5. The van der Waals surface area contributed by atoms with Gasteiger partial charge < -0.3 is 15.1 Å². The average molecular weight is 497 g/mol. The fourth-order valence-electron chi connectivity index (χ4n) is 4.57. The van der Waals surface area contributed by atoms with E-state index in [2.05, 4.69) is 5.32 Å². The summed E-state index contributed by atoms with van der Waals surface area (Å²) in [5, 5.41) is 7.90. The van der Waals surface area contributed by atoms with Crippen LogP contribution in [0, 0.1) is 5.92 Å². The van der Waals surface area contributed by atoms with E-state index in [1.165, 1.54) is 31.2 Å². The molecule has 0 bridgehead atoms. The summed E-state index contributed by atoms with van der Waals surface area (Å²) in [5.74, 6) is -0.608. The Morgan fingerprint density at radius 3 is 2.31 bits per heavy atom. The Morgan fingerprint density at radius 2 is 1.69 bits per heavy atom. The van der Waals surface area contributed by atoms with Gasteiger partial charge in [-0.3, -0.25) is 14.4 Å². The van der Waals surface area contributed by atoms with Crippen LogP contribution in [-0.4, -0.2) is 49.0 Å². The molecule has 3 N–H and O–H groups in total. The van der Waals surface area contributed by atoms with Crippen molar-refractivity contribution >= 4 is 39.5 Å². The van der Waals surface area contributed by atoms with Crippen LogP contribution in [0.5, 0.6) is 0 Å². The number of rotatable bonds is 5. The number of sulfonamides is 1. The van der Waals surface area contributed by atoms with Crippen molar-refractivity contribution in [1.82, 2.24) is 9.80 Å². The molecule has 3 amide bonds. The zero-order valence-corrected chi connectivity index (χ0v) is 20.2. The number of anilines is 1. The van der Waals surface area contributed by atoms with Crippen LogP contribution in [0.1, 0.15) is 43.4 Å². The van der Waals surface area contributed by atoms with Gasteiger partial charge in [-0.2, -0.15) is 0 Å². The largest absolute Gasteiger partial charge is 0.343 e. The zero-order valence-electron chi connectivity index (χ0n) is 19.4. The van der Waals surface area contributed by atoms with Crippen molar-refractivity contribution in [3.05, 3.63) is 65.9 Å². The Kier molecular flexibility index (Phi) is 7.04. The fraction of sp³-hybridized carbons (Fsp3) is 0.320. The summed E-state index contributed by atoms with van der Waals surface area (Å²) < 4.78 is 22.7. The van der Waals surface area contributed by atoms with Crippen molar-refractivity contribution in [1.29, 1.82) is 0 Å². The number of nitrogens with two attached hydrogens (primary N) is 1. The molecule has 4 rings (SSSR count). The first-order valence-corrected chi connectivity index (χ1v) is 13.0. The third kappa shape index (κ3) is 5.60. The first-order chi connectivity index (χ1) is 16.6. The topological polar surface area (TPSA) is 130 Å². The van der Waals surface area contributed by atoms with E-state index in [4.69, 9.17) is 5.14 Å². The van der Waals surface area contributed by atoms with Gasteiger partial charge in [0.1, 0.15) is 0 Å². The number of primary sulfonamides is 1. The van der Waals surface area contributed by atoms with Crippen LogP contribution in [0.3, 0.4) is 0 Å². The molecule has 184 valence electrons. The van der Waals surface area contributed by atoms with E-state index < -0.39 is 10.0 Å². The van der Waals surface area contributed by atoms with Crippen LogP contribution in [0.15, 0.2) is 59.6 Å². The minimum atomic E-state index is -3.79. The highest BCUT2D eigenvalue weighted by atomic mass is 32.2. The van der Waals surface area contributed by atoms with Gasteiger partial charge >= 0.3 is 0 Å². The highest BCUT2D eigenvalue weighted by molar-refractivity contribution is 7.89. The highest BCUT2D eigenvalue weighted by Crippen LogP contribution is 2.34. The predicted octanol–water partition coefficient (Wildman–Crippen LogP) is 2.48. The van der Waals surface area contributed by atoms with Crippen molar-refractivity contribution in [2.75, 3.05) is 18.4 Å². The Morgan fingerprint density at radius 1 is 1.03 bits per heavy atom. The second-order valence-electron chi connectivity index (χ2n) is 8.80. The van der Waals surface area contributed by atoms with Gasteiger partial charge in [0.05, 0.1) is 17.4 Å². The maximum absolute atomic E-state index is 13.1. The number of nitrogens with zero attached hydrogens (tertiary/aromatic N) is 2. The quantitative estimate of drug-likeness (QED) is 0.657. The average Bonchev–Trinajstić information content (AvgIpc) is 2.84. The maximum Gasteiger partial charge on any atom is 0.238 e. The summed E-state index contributed by atoms with van der Waals surface area (Å²) in [6.45, 7) is 2.39. The number of benzene rings is 2. The van der Waals surface area contributed by atoms with Crippen LogP contribution < -0.4 is 10.5 Å². The molecule has 9 nitrogen and oxygen atoms in total. The van der Waals surface area contributed by atoms with Gasteiger partial charge in [0.25, 0.3) is 0 Å². The Bertz CT molecular complexity index is 1270. The molecule has 0 spiro atoms. The normalized spacial score (nSPS) is 18.2. The molecular formula is C25H28N4O5S. The molecule has 1 saturated heterocycles. The smallest absolute Gasteiger partial charge is 0.238 e. The SMILES string of the molecule is CC(=O)N1C=Cc2ccccc2[C@@H]1CC(=O)N1CCC(C(=O)Nc2ccc(S(N)(=O)=O)cc2)CC1. The van der Waals surface area contributed by atoms with Crippen LogP contribution in [0.2, 0.25) is 0 Å². The van der Waals surface area contributed by atoms with Crippen molar-refractivity contribution in [3.63, 3.8) is 0 Å². The Hall–Kier alpha value is -3.50. The molecular weight excluding hydrogens is 468 g/mol. The maximum atomic E-state index is 13.1. The van der Waals surface area contributed by atoms with Gasteiger partial charge in [0, 0.05) is 37.8 Å². The molecule has 0 radical (unpaired) electrons. The first-order valence-electron chi connectivity index (χ1n) is 11.4. The van der Waals surface area contributed by atoms with Crippen LogP contribution in [-0.2, 0) is 24.4 Å². The lowest BCUT2D eigenvalue weighted by Gasteiger charge is -2.36. The lowest BCUT2D eigenvalue weighted by atomic mass is 9.92. The second kappa shape index (κ2) is 10.0. The number of piperidine rings is 1. The molecule has 2 aliphatic heterocycles. The summed E-state index contributed by atoms with van der Waals surface area (Å²) in [7, 11) is -3.79. The van der Waals surface area contributed by atoms with Gasteiger partial charge in [-0.1, -0.05) is 24.3 Å². The molecule has 2 heterocycles. The van der Waals surface area contributed by atoms with Crippen molar-refractivity contribution in [2.45, 2.75) is 37.1 Å². The van der Waals surface area contributed by atoms with Gasteiger partial charge in [0.15, 0.2) is 0 Å². The van der Waals surface area contributed by atoms with Gasteiger partial charge in [-0.05, 0) is 54.3 Å². The Labute approximate surface area is 204 Å². The number of carbonyl (C=O) groups is 3. The number of hydrogen-bond donors (Lipinski definition) is 2. The number of amides is 3. The monoisotopic (exact) mass is 496 g/mol. The lowest BCUT2D eigenvalue weighted by Crippen LogP contribution is -2.43. The number of nitrogens with one attached hydrogen (secondary N) is 1. The summed E-state index contributed by atoms with van der Waals surface area (Å²) in [6.07, 6.45) is 4.82. The first kappa shape index (κ1) is 24.6. The third-order valence-corrected chi connectivity index (χ3v) is 7.44. The van der Waals surface area contributed by atoms with Crippen molar-refractivity contribution < 1.29 is 22.8 Å².